The van der Waals surface area contributed by atoms with Gasteiger partial charge < -0.3 is 19.5 Å². The van der Waals surface area contributed by atoms with Gasteiger partial charge in [-0.15, -0.1) is 0 Å². The van der Waals surface area contributed by atoms with E-state index in [0.717, 1.165) is 27.8 Å². The lowest BCUT2D eigenvalue weighted by Crippen LogP contribution is -2.45. The van der Waals surface area contributed by atoms with Crippen LogP contribution in [0.25, 0.3) is 11.1 Å². The first kappa shape index (κ1) is 25.5. The highest BCUT2D eigenvalue weighted by molar-refractivity contribution is 5.82. The summed E-state index contributed by atoms with van der Waals surface area (Å²) in [5, 5.41) is 2.69. The Bertz CT molecular complexity index is 1140. The molecule has 0 spiro atoms. The molecule has 0 fully saturated rings. The molecule has 3 aromatic carbocycles. The number of fused-ring (bicyclic) bond motifs is 3. The monoisotopic (exact) mass is 487 g/mol. The molecule has 3 aromatic rings. The lowest BCUT2D eigenvalue weighted by atomic mass is 9.98. The van der Waals surface area contributed by atoms with Crippen molar-refractivity contribution in [3.05, 3.63) is 95.6 Å². The minimum absolute atomic E-state index is 0.0580. The van der Waals surface area contributed by atoms with E-state index in [1.807, 2.05) is 54.6 Å². The molecule has 0 aromatic heterocycles. The van der Waals surface area contributed by atoms with Gasteiger partial charge in [-0.2, -0.15) is 0 Å². The molecule has 0 radical (unpaired) electrons. The summed E-state index contributed by atoms with van der Waals surface area (Å²) in [5.74, 6) is -0.573. The van der Waals surface area contributed by atoms with Crippen molar-refractivity contribution in [1.82, 2.24) is 5.32 Å². The molecule has 1 aliphatic carbocycles. The first-order chi connectivity index (χ1) is 17.3. The lowest BCUT2D eigenvalue weighted by molar-refractivity contribution is -0.157. The van der Waals surface area contributed by atoms with Crippen LogP contribution in [0.4, 0.5) is 4.79 Å². The van der Waals surface area contributed by atoms with Crippen molar-refractivity contribution in [1.29, 1.82) is 0 Å². The van der Waals surface area contributed by atoms with Crippen molar-refractivity contribution in [2.24, 2.45) is 0 Å². The Morgan fingerprint density at radius 3 is 2.06 bits per heavy atom. The third kappa shape index (κ3) is 6.52. The summed E-state index contributed by atoms with van der Waals surface area (Å²) in [6, 6.07) is 25.2. The van der Waals surface area contributed by atoms with Crippen molar-refractivity contribution >= 4 is 12.1 Å². The smallest absolute Gasteiger partial charge is 0.407 e. The van der Waals surface area contributed by atoms with Crippen LogP contribution < -0.4 is 5.32 Å². The van der Waals surface area contributed by atoms with Gasteiger partial charge >= 0.3 is 12.1 Å². The van der Waals surface area contributed by atoms with E-state index in [1.165, 1.54) is 0 Å². The Labute approximate surface area is 212 Å². The van der Waals surface area contributed by atoms with Crippen LogP contribution in [0.15, 0.2) is 78.9 Å². The lowest BCUT2D eigenvalue weighted by Gasteiger charge is -2.24. The van der Waals surface area contributed by atoms with E-state index >= 15 is 0 Å². The van der Waals surface area contributed by atoms with Crippen LogP contribution in [-0.2, 0) is 25.6 Å². The summed E-state index contributed by atoms with van der Waals surface area (Å²) >= 11 is 0. The molecular formula is C30H33NO5. The number of hydrogen-bond acceptors (Lipinski definition) is 5. The predicted molar refractivity (Wildman–Crippen MR) is 139 cm³/mol. The van der Waals surface area contributed by atoms with E-state index in [2.05, 4.69) is 29.6 Å². The Hall–Kier alpha value is -3.64. The first-order valence-electron chi connectivity index (χ1n) is 12.3. The standard InChI is InChI=1S/C30H33NO5/c1-30(2,3)36-28(32)27(17-18-34-19-21-11-5-4-6-12-21)31-29(33)35-20-26-24-15-9-7-13-22(24)23-14-8-10-16-25(23)26/h4-16,26-27H,17-20H2,1-3H3,(H,31,33). The second-order valence-electron chi connectivity index (χ2n) is 9.88. The molecule has 0 heterocycles. The Balaban J connectivity index is 1.36. The van der Waals surface area contributed by atoms with Crippen molar-refractivity contribution in [2.75, 3.05) is 13.2 Å². The average molecular weight is 488 g/mol. The van der Waals surface area contributed by atoms with Crippen LogP contribution in [0.5, 0.6) is 0 Å². The number of nitrogens with one attached hydrogen (secondary N) is 1. The van der Waals surface area contributed by atoms with Gasteiger partial charge in [0.2, 0.25) is 0 Å². The number of amides is 1. The maximum absolute atomic E-state index is 12.8. The fraction of sp³-hybridized carbons (Fsp3) is 0.333. The average Bonchev–Trinajstić information content (AvgIpc) is 3.18. The Morgan fingerprint density at radius 2 is 1.44 bits per heavy atom. The molecule has 1 unspecified atom stereocenters. The van der Waals surface area contributed by atoms with E-state index in [9.17, 15) is 9.59 Å². The summed E-state index contributed by atoms with van der Waals surface area (Å²) in [6.45, 7) is 6.25. The summed E-state index contributed by atoms with van der Waals surface area (Å²) < 4.78 is 16.9. The molecule has 6 heteroatoms. The zero-order valence-corrected chi connectivity index (χ0v) is 21.0. The van der Waals surface area contributed by atoms with Gasteiger partial charge in [-0.3, -0.25) is 0 Å². The number of carbonyl (C=O) groups excluding carboxylic acids is 2. The topological polar surface area (TPSA) is 73.9 Å². The van der Waals surface area contributed by atoms with Gasteiger partial charge in [-0.1, -0.05) is 78.9 Å². The molecule has 1 N–H and O–H groups in total. The van der Waals surface area contributed by atoms with Gasteiger partial charge in [-0.05, 0) is 48.6 Å². The highest BCUT2D eigenvalue weighted by Gasteiger charge is 2.31. The van der Waals surface area contributed by atoms with Gasteiger partial charge in [0.05, 0.1) is 6.61 Å². The van der Waals surface area contributed by atoms with E-state index < -0.39 is 23.7 Å². The quantitative estimate of drug-likeness (QED) is 0.303. The zero-order chi connectivity index (χ0) is 25.5. The molecule has 0 saturated carbocycles. The summed E-state index contributed by atoms with van der Waals surface area (Å²) in [6.07, 6.45) is -0.387. The summed E-state index contributed by atoms with van der Waals surface area (Å²) in [5.41, 5.74) is 4.93. The maximum Gasteiger partial charge on any atom is 0.407 e. The SMILES string of the molecule is CC(C)(C)OC(=O)C(CCOCc1ccccc1)NC(=O)OCC1c2ccccc2-c2ccccc21. The molecule has 1 atom stereocenters. The van der Waals surface area contributed by atoms with E-state index in [-0.39, 0.29) is 25.6 Å². The van der Waals surface area contributed by atoms with Crippen molar-refractivity contribution < 1.29 is 23.8 Å². The summed E-state index contributed by atoms with van der Waals surface area (Å²) in [4.78, 5) is 25.6. The molecule has 0 aliphatic heterocycles. The number of rotatable bonds is 9. The van der Waals surface area contributed by atoms with Gasteiger partial charge in [-0.25, -0.2) is 9.59 Å². The van der Waals surface area contributed by atoms with Gasteiger partial charge in [0, 0.05) is 18.9 Å². The predicted octanol–water partition coefficient (Wildman–Crippen LogP) is 5.84. The van der Waals surface area contributed by atoms with E-state index in [0.29, 0.717) is 6.61 Å². The summed E-state index contributed by atoms with van der Waals surface area (Å²) in [7, 11) is 0. The molecule has 0 saturated heterocycles. The molecule has 0 bridgehead atoms. The number of alkyl carbamates (subject to hydrolysis) is 1. The molecule has 188 valence electrons. The van der Waals surface area contributed by atoms with Crippen LogP contribution in [0.3, 0.4) is 0 Å². The van der Waals surface area contributed by atoms with Crippen LogP contribution >= 0.6 is 0 Å². The number of carbonyl (C=O) groups is 2. The number of esters is 1. The molecule has 36 heavy (non-hydrogen) atoms. The minimum Gasteiger partial charge on any atom is -0.458 e. The van der Waals surface area contributed by atoms with Crippen LogP contribution in [0, 0.1) is 0 Å². The zero-order valence-electron chi connectivity index (χ0n) is 21.0. The fourth-order valence-electron chi connectivity index (χ4n) is 4.37. The Kier molecular flexibility index (Phi) is 8.06. The minimum atomic E-state index is -0.879. The van der Waals surface area contributed by atoms with E-state index in [4.69, 9.17) is 14.2 Å². The first-order valence-corrected chi connectivity index (χ1v) is 12.3. The van der Waals surface area contributed by atoms with Crippen molar-refractivity contribution in [3.8, 4) is 11.1 Å². The molecule has 6 nitrogen and oxygen atoms in total. The largest absolute Gasteiger partial charge is 0.458 e. The van der Waals surface area contributed by atoms with Gasteiger partial charge in [0.15, 0.2) is 0 Å². The maximum atomic E-state index is 12.8. The number of benzene rings is 3. The van der Waals surface area contributed by atoms with Crippen LogP contribution in [-0.4, -0.2) is 36.9 Å². The highest BCUT2D eigenvalue weighted by Crippen LogP contribution is 2.44. The third-order valence-electron chi connectivity index (χ3n) is 5.99. The van der Waals surface area contributed by atoms with Crippen LogP contribution in [0.2, 0.25) is 0 Å². The normalized spacial score (nSPS) is 13.4. The fourth-order valence-corrected chi connectivity index (χ4v) is 4.37. The van der Waals surface area contributed by atoms with Crippen molar-refractivity contribution in [3.63, 3.8) is 0 Å². The molecule has 1 aliphatic rings. The molecule has 4 rings (SSSR count). The molecular weight excluding hydrogens is 454 g/mol. The highest BCUT2D eigenvalue weighted by atomic mass is 16.6. The number of hydrogen-bond donors (Lipinski definition) is 1. The van der Waals surface area contributed by atoms with E-state index in [1.54, 1.807) is 20.8 Å². The second kappa shape index (κ2) is 11.4. The van der Waals surface area contributed by atoms with Crippen molar-refractivity contribution in [2.45, 2.75) is 51.4 Å². The van der Waals surface area contributed by atoms with Gasteiger partial charge in [0.25, 0.3) is 0 Å². The third-order valence-corrected chi connectivity index (χ3v) is 5.99. The van der Waals surface area contributed by atoms with Gasteiger partial charge in [0.1, 0.15) is 18.2 Å². The second-order valence-corrected chi connectivity index (χ2v) is 9.88. The Morgan fingerprint density at radius 1 is 0.861 bits per heavy atom. The van der Waals surface area contributed by atoms with Crippen LogP contribution in [0.1, 0.15) is 49.8 Å². The number of ether oxygens (including phenoxy) is 3. The molecule has 1 amide bonds.